The number of nitrogens with zero attached hydrogens (tertiary/aromatic N) is 3. The van der Waals surface area contributed by atoms with Crippen LogP contribution >= 0.6 is 11.6 Å². The minimum Gasteiger partial charge on any atom is -0.381 e. The van der Waals surface area contributed by atoms with Gasteiger partial charge in [0.1, 0.15) is 5.15 Å². The van der Waals surface area contributed by atoms with Crippen LogP contribution in [-0.4, -0.2) is 54.9 Å². The molecular weight excluding hydrogens is 340 g/mol. The summed E-state index contributed by atoms with van der Waals surface area (Å²) >= 11 is 5.94. The fraction of sp³-hybridized carbons (Fsp3) is 0.444. The lowest BCUT2D eigenvalue weighted by Crippen LogP contribution is -2.24. The van der Waals surface area contributed by atoms with Gasteiger partial charge in [-0.15, -0.1) is 0 Å². The molecule has 6 nitrogen and oxygen atoms in total. The molecule has 0 bridgehead atoms. The van der Waals surface area contributed by atoms with Gasteiger partial charge in [-0.2, -0.15) is 0 Å². The molecule has 7 heteroatoms. The van der Waals surface area contributed by atoms with Gasteiger partial charge in [-0.1, -0.05) is 11.6 Å². The van der Waals surface area contributed by atoms with Crippen LogP contribution in [0, 0.1) is 5.41 Å². The van der Waals surface area contributed by atoms with Crippen molar-refractivity contribution >= 4 is 35.1 Å². The molecule has 0 amide bonds. The number of aromatic nitrogens is 2. The number of ether oxygens (including phenoxy) is 2. The number of pyridine rings is 2. The predicted octanol–water partition coefficient (Wildman–Crippen LogP) is 3.28. The Balaban J connectivity index is 1.57. The molecule has 1 N–H and O–H groups in total. The van der Waals surface area contributed by atoms with Crippen LogP contribution in [0.25, 0.3) is 11.0 Å². The number of aliphatic imine (C=N–C) groups is 1. The van der Waals surface area contributed by atoms with Crippen molar-refractivity contribution in [1.82, 2.24) is 9.97 Å². The molecule has 3 rings (SSSR count). The molecule has 2 aromatic heterocycles. The summed E-state index contributed by atoms with van der Waals surface area (Å²) in [7, 11) is 0. The minimum absolute atomic E-state index is 0.235. The normalized spacial score (nSPS) is 17.2. The zero-order chi connectivity index (χ0) is 17.5. The molecule has 1 aliphatic rings. The van der Waals surface area contributed by atoms with Crippen molar-refractivity contribution < 1.29 is 9.47 Å². The highest BCUT2D eigenvalue weighted by molar-refractivity contribution is 6.29. The summed E-state index contributed by atoms with van der Waals surface area (Å²) in [5.41, 5.74) is 2.36. The van der Waals surface area contributed by atoms with E-state index in [-0.39, 0.29) is 12.0 Å². The summed E-state index contributed by atoms with van der Waals surface area (Å²) in [4.78, 5) is 13.0. The molecule has 1 atom stereocenters. The molecule has 2 aromatic rings. The summed E-state index contributed by atoms with van der Waals surface area (Å²) in [6.45, 7) is 2.71. The van der Waals surface area contributed by atoms with Crippen LogP contribution in [0.5, 0.6) is 0 Å². The van der Waals surface area contributed by atoms with Gasteiger partial charge in [0.2, 0.25) is 0 Å². The van der Waals surface area contributed by atoms with E-state index in [1.165, 1.54) is 6.21 Å². The maximum absolute atomic E-state index is 7.65. The number of hydrogen-bond acceptors (Lipinski definition) is 6. The fourth-order valence-electron chi connectivity index (χ4n) is 2.71. The van der Waals surface area contributed by atoms with E-state index < -0.39 is 0 Å². The van der Waals surface area contributed by atoms with Gasteiger partial charge in [-0.25, -0.2) is 4.98 Å². The van der Waals surface area contributed by atoms with E-state index >= 15 is 0 Å². The number of rotatable bonds is 7. The van der Waals surface area contributed by atoms with Gasteiger partial charge >= 0.3 is 0 Å². The second-order valence-corrected chi connectivity index (χ2v) is 6.26. The lowest BCUT2D eigenvalue weighted by atomic mass is 10.0. The van der Waals surface area contributed by atoms with Crippen LogP contribution < -0.4 is 0 Å². The van der Waals surface area contributed by atoms with Crippen LogP contribution in [0.1, 0.15) is 24.3 Å². The maximum Gasteiger partial charge on any atom is 0.129 e. The smallest absolute Gasteiger partial charge is 0.129 e. The Morgan fingerprint density at radius 1 is 1.36 bits per heavy atom. The van der Waals surface area contributed by atoms with Crippen molar-refractivity contribution in [2.75, 3.05) is 26.4 Å². The number of hydrogen-bond donors (Lipinski definition) is 1. The molecule has 1 fully saturated rings. The average Bonchev–Trinajstić information content (AvgIpc) is 2.65. The molecule has 132 valence electrons. The van der Waals surface area contributed by atoms with Crippen LogP contribution in [0.3, 0.4) is 0 Å². The first-order valence-electron chi connectivity index (χ1n) is 8.38. The van der Waals surface area contributed by atoms with Gasteiger partial charge in [-0.3, -0.25) is 9.98 Å². The summed E-state index contributed by atoms with van der Waals surface area (Å²) in [5, 5.41) is 8.08. The monoisotopic (exact) mass is 360 g/mol. The predicted molar refractivity (Wildman–Crippen MR) is 99.2 cm³/mol. The number of halogens is 1. The van der Waals surface area contributed by atoms with Crippen LogP contribution in [0.2, 0.25) is 5.15 Å². The molecule has 3 heterocycles. The first kappa shape index (κ1) is 17.9. The van der Waals surface area contributed by atoms with E-state index in [0.29, 0.717) is 23.8 Å². The van der Waals surface area contributed by atoms with Gasteiger partial charge in [0.05, 0.1) is 36.2 Å². The van der Waals surface area contributed by atoms with Crippen molar-refractivity contribution in [2.45, 2.75) is 24.9 Å². The standard InChI is InChI=1S/C18H21ClN4O2/c19-18-2-1-16-17(23-18)9-13(12-22-16)14(10-20)11-21-5-8-25-15-3-6-24-7-4-15/h1-2,9-12,14-15,20H,3-8H2. The molecule has 0 aliphatic carbocycles. The Labute approximate surface area is 151 Å². The van der Waals surface area contributed by atoms with Gasteiger partial charge in [0, 0.05) is 31.8 Å². The second-order valence-electron chi connectivity index (χ2n) is 5.87. The first-order chi connectivity index (χ1) is 12.3. The molecular formula is C18H21ClN4O2. The fourth-order valence-corrected chi connectivity index (χ4v) is 2.86. The molecule has 0 radical (unpaired) electrons. The summed E-state index contributed by atoms with van der Waals surface area (Å²) in [6, 6.07) is 5.44. The third-order valence-corrected chi connectivity index (χ3v) is 4.31. The van der Waals surface area contributed by atoms with E-state index in [4.69, 9.17) is 26.5 Å². The first-order valence-corrected chi connectivity index (χ1v) is 8.76. The third kappa shape index (κ3) is 5.04. The Hall–Kier alpha value is -1.89. The SMILES string of the molecule is N=CC(C=NCCOC1CCOCC1)c1cnc2ccc(Cl)nc2c1. The second kappa shape index (κ2) is 8.99. The van der Waals surface area contributed by atoms with E-state index in [2.05, 4.69) is 15.0 Å². The highest BCUT2D eigenvalue weighted by Gasteiger charge is 2.13. The van der Waals surface area contributed by atoms with Crippen molar-refractivity contribution in [3.63, 3.8) is 0 Å². The number of fused-ring (bicyclic) bond motifs is 1. The molecule has 1 saturated heterocycles. The van der Waals surface area contributed by atoms with Crippen LogP contribution in [0.15, 0.2) is 29.4 Å². The minimum atomic E-state index is -0.235. The van der Waals surface area contributed by atoms with E-state index in [1.54, 1.807) is 18.5 Å². The van der Waals surface area contributed by atoms with Crippen LogP contribution in [0.4, 0.5) is 0 Å². The zero-order valence-corrected chi connectivity index (χ0v) is 14.7. The van der Waals surface area contributed by atoms with Crippen LogP contribution in [-0.2, 0) is 9.47 Å². The third-order valence-electron chi connectivity index (χ3n) is 4.10. The molecule has 0 spiro atoms. The van der Waals surface area contributed by atoms with Crippen molar-refractivity contribution in [2.24, 2.45) is 4.99 Å². The Kier molecular flexibility index (Phi) is 6.44. The van der Waals surface area contributed by atoms with Gasteiger partial charge in [0.15, 0.2) is 0 Å². The average molecular weight is 361 g/mol. The summed E-state index contributed by atoms with van der Waals surface area (Å²) in [5.74, 6) is -0.235. The highest BCUT2D eigenvalue weighted by Crippen LogP contribution is 2.18. The molecule has 0 saturated carbocycles. The van der Waals surface area contributed by atoms with Crippen molar-refractivity contribution in [3.8, 4) is 0 Å². The van der Waals surface area contributed by atoms with Gasteiger partial charge < -0.3 is 14.9 Å². The quantitative estimate of drug-likeness (QED) is 0.466. The Morgan fingerprint density at radius 2 is 2.20 bits per heavy atom. The largest absolute Gasteiger partial charge is 0.381 e. The maximum atomic E-state index is 7.65. The number of nitrogens with one attached hydrogen (secondary N) is 1. The summed E-state index contributed by atoms with van der Waals surface area (Å²) in [6.07, 6.45) is 7.03. The van der Waals surface area contributed by atoms with Crippen molar-refractivity contribution in [1.29, 1.82) is 5.41 Å². The topological polar surface area (TPSA) is 80.5 Å². The Morgan fingerprint density at radius 3 is 3.00 bits per heavy atom. The zero-order valence-electron chi connectivity index (χ0n) is 13.9. The van der Waals surface area contributed by atoms with Gasteiger partial charge in [-0.05, 0) is 36.6 Å². The Bertz CT molecular complexity index is 747. The van der Waals surface area contributed by atoms with Gasteiger partial charge in [0.25, 0.3) is 0 Å². The lowest BCUT2D eigenvalue weighted by Gasteiger charge is -2.21. The molecule has 25 heavy (non-hydrogen) atoms. The molecule has 1 unspecified atom stereocenters. The van der Waals surface area contributed by atoms with E-state index in [1.807, 2.05) is 12.1 Å². The lowest BCUT2D eigenvalue weighted by molar-refractivity contribution is -0.0289. The van der Waals surface area contributed by atoms with E-state index in [0.717, 1.165) is 37.1 Å². The molecule has 1 aliphatic heterocycles. The van der Waals surface area contributed by atoms with E-state index in [9.17, 15) is 0 Å². The molecule has 0 aromatic carbocycles. The highest BCUT2D eigenvalue weighted by atomic mass is 35.5. The summed E-state index contributed by atoms with van der Waals surface area (Å²) < 4.78 is 11.1. The van der Waals surface area contributed by atoms with Crippen molar-refractivity contribution in [3.05, 3.63) is 35.1 Å².